The van der Waals surface area contributed by atoms with Crippen LogP contribution in [0, 0.1) is 0 Å². The van der Waals surface area contributed by atoms with E-state index in [1.807, 2.05) is 37.3 Å². The molecule has 0 heterocycles. The molecule has 90 valence electrons. The van der Waals surface area contributed by atoms with Crippen molar-refractivity contribution in [3.05, 3.63) is 30.3 Å². The van der Waals surface area contributed by atoms with E-state index in [0.29, 0.717) is 6.61 Å². The van der Waals surface area contributed by atoms with E-state index in [1.165, 1.54) is 0 Å². The second kappa shape index (κ2) is 7.41. The first-order valence-corrected chi connectivity index (χ1v) is 7.03. The molecule has 1 aromatic rings. The molecule has 3 nitrogen and oxygen atoms in total. The highest BCUT2D eigenvalue weighted by atomic mass is 32.2. The lowest BCUT2D eigenvalue weighted by Gasteiger charge is -2.10. The molecule has 0 aliphatic carbocycles. The molecule has 0 spiro atoms. The summed E-state index contributed by atoms with van der Waals surface area (Å²) in [6.45, 7) is 4.14. The zero-order valence-corrected chi connectivity index (χ0v) is 10.6. The number of benzene rings is 1. The number of hydrogen-bond acceptors (Lipinski definition) is 3. The minimum absolute atomic E-state index is 0.191. The Balaban J connectivity index is 2.07. The van der Waals surface area contributed by atoms with Crippen molar-refractivity contribution in [1.29, 1.82) is 0 Å². The quantitative estimate of drug-likeness (QED) is 0.734. The molecule has 1 rings (SSSR count). The van der Waals surface area contributed by atoms with Crippen molar-refractivity contribution in [2.24, 2.45) is 0 Å². The number of hydrogen-bond donors (Lipinski definition) is 1. The molecule has 0 saturated heterocycles. The van der Waals surface area contributed by atoms with Gasteiger partial charge in [0.2, 0.25) is 0 Å². The van der Waals surface area contributed by atoms with E-state index in [0.717, 1.165) is 18.8 Å². The van der Waals surface area contributed by atoms with Gasteiger partial charge in [-0.25, -0.2) is 0 Å². The minimum atomic E-state index is -0.755. The molecule has 0 aromatic heterocycles. The van der Waals surface area contributed by atoms with Crippen LogP contribution in [0.4, 0.5) is 0 Å². The molecule has 2 unspecified atom stereocenters. The number of rotatable bonds is 7. The standard InChI is InChI=1S/C12H19NO2S/c1-11(16(2)14)10-13-8-9-15-12-6-4-3-5-7-12/h3-7,11,13H,8-10H2,1-2H3. The molecule has 1 N–H and O–H groups in total. The normalized spacial score (nSPS) is 14.4. The molecule has 0 amide bonds. The zero-order chi connectivity index (χ0) is 11.8. The predicted molar refractivity (Wildman–Crippen MR) is 68.3 cm³/mol. The van der Waals surface area contributed by atoms with Gasteiger partial charge in [0, 0.05) is 35.4 Å². The van der Waals surface area contributed by atoms with E-state index in [4.69, 9.17) is 4.74 Å². The lowest BCUT2D eigenvalue weighted by molar-refractivity contribution is 0.314. The summed E-state index contributed by atoms with van der Waals surface area (Å²) in [6.07, 6.45) is 1.73. The highest BCUT2D eigenvalue weighted by Crippen LogP contribution is 2.07. The first kappa shape index (κ1) is 13.2. The van der Waals surface area contributed by atoms with Crippen molar-refractivity contribution in [2.45, 2.75) is 12.2 Å². The van der Waals surface area contributed by atoms with Gasteiger partial charge < -0.3 is 10.1 Å². The van der Waals surface area contributed by atoms with Gasteiger partial charge in [-0.05, 0) is 19.1 Å². The molecule has 16 heavy (non-hydrogen) atoms. The van der Waals surface area contributed by atoms with Crippen LogP contribution in [0.5, 0.6) is 5.75 Å². The van der Waals surface area contributed by atoms with Crippen molar-refractivity contribution >= 4 is 10.8 Å². The monoisotopic (exact) mass is 241 g/mol. The maximum absolute atomic E-state index is 11.1. The van der Waals surface area contributed by atoms with Crippen molar-refractivity contribution < 1.29 is 8.95 Å². The van der Waals surface area contributed by atoms with E-state index in [2.05, 4.69) is 5.32 Å². The van der Waals surface area contributed by atoms with Crippen molar-refractivity contribution in [1.82, 2.24) is 5.32 Å². The van der Waals surface area contributed by atoms with Crippen LogP contribution >= 0.6 is 0 Å². The first-order valence-electron chi connectivity index (χ1n) is 5.41. The fourth-order valence-corrected chi connectivity index (χ4v) is 1.53. The van der Waals surface area contributed by atoms with Crippen LogP contribution in [-0.2, 0) is 10.8 Å². The molecular weight excluding hydrogens is 222 g/mol. The van der Waals surface area contributed by atoms with Gasteiger partial charge in [0.25, 0.3) is 0 Å². The van der Waals surface area contributed by atoms with Crippen LogP contribution < -0.4 is 10.1 Å². The fourth-order valence-electron chi connectivity index (χ4n) is 1.18. The first-order chi connectivity index (χ1) is 7.70. The van der Waals surface area contributed by atoms with Gasteiger partial charge in [-0.2, -0.15) is 0 Å². The third-order valence-electron chi connectivity index (χ3n) is 2.29. The third kappa shape index (κ3) is 5.28. The summed E-state index contributed by atoms with van der Waals surface area (Å²) in [6, 6.07) is 9.73. The second-order valence-corrected chi connectivity index (χ2v) is 5.48. The SMILES string of the molecule is CC(CNCCOc1ccccc1)S(C)=O. The van der Waals surface area contributed by atoms with Gasteiger partial charge in [-0.3, -0.25) is 4.21 Å². The van der Waals surface area contributed by atoms with Crippen LogP contribution in [0.1, 0.15) is 6.92 Å². The Hall–Kier alpha value is -0.870. The molecule has 0 radical (unpaired) electrons. The van der Waals surface area contributed by atoms with Gasteiger partial charge >= 0.3 is 0 Å². The van der Waals surface area contributed by atoms with Gasteiger partial charge in [-0.15, -0.1) is 0 Å². The highest BCUT2D eigenvalue weighted by molar-refractivity contribution is 7.84. The lowest BCUT2D eigenvalue weighted by Crippen LogP contribution is -2.30. The van der Waals surface area contributed by atoms with Gasteiger partial charge in [0.1, 0.15) is 12.4 Å². The highest BCUT2D eigenvalue weighted by Gasteiger charge is 2.04. The molecule has 2 atom stereocenters. The van der Waals surface area contributed by atoms with Gasteiger partial charge in [-0.1, -0.05) is 18.2 Å². The fraction of sp³-hybridized carbons (Fsp3) is 0.500. The van der Waals surface area contributed by atoms with E-state index >= 15 is 0 Å². The number of para-hydroxylation sites is 1. The Kier molecular flexibility index (Phi) is 6.11. The molecule has 0 fully saturated rings. The summed E-state index contributed by atoms with van der Waals surface area (Å²) in [5.74, 6) is 0.886. The third-order valence-corrected chi connectivity index (χ3v) is 3.59. The van der Waals surface area contributed by atoms with Crippen LogP contribution in [-0.4, -0.2) is 35.4 Å². The van der Waals surface area contributed by atoms with E-state index in [-0.39, 0.29) is 5.25 Å². The van der Waals surface area contributed by atoms with E-state index in [9.17, 15) is 4.21 Å². The van der Waals surface area contributed by atoms with Crippen molar-refractivity contribution in [3.63, 3.8) is 0 Å². The molecule has 0 saturated carbocycles. The summed E-state index contributed by atoms with van der Waals surface area (Å²) in [5, 5.41) is 3.41. The molecule has 1 aromatic carbocycles. The molecular formula is C12H19NO2S. The lowest BCUT2D eigenvalue weighted by atomic mass is 10.3. The Morgan fingerprint density at radius 1 is 1.38 bits per heavy atom. The minimum Gasteiger partial charge on any atom is -0.492 e. The second-order valence-electron chi connectivity index (χ2n) is 3.67. The summed E-state index contributed by atoms with van der Waals surface area (Å²) in [7, 11) is -0.755. The number of nitrogens with one attached hydrogen (secondary N) is 1. The Bertz CT molecular complexity index is 316. The largest absolute Gasteiger partial charge is 0.492 e. The summed E-state index contributed by atoms with van der Waals surface area (Å²) < 4.78 is 16.6. The van der Waals surface area contributed by atoms with Gasteiger partial charge in [0.15, 0.2) is 0 Å². The van der Waals surface area contributed by atoms with Crippen LogP contribution in [0.15, 0.2) is 30.3 Å². The molecule has 4 heteroatoms. The average Bonchev–Trinajstić information content (AvgIpc) is 2.29. The topological polar surface area (TPSA) is 38.3 Å². The smallest absolute Gasteiger partial charge is 0.119 e. The Morgan fingerprint density at radius 2 is 2.06 bits per heavy atom. The molecule has 0 aliphatic heterocycles. The van der Waals surface area contributed by atoms with E-state index < -0.39 is 10.8 Å². The Labute approximate surface area is 99.7 Å². The number of ether oxygens (including phenoxy) is 1. The van der Waals surface area contributed by atoms with E-state index in [1.54, 1.807) is 6.26 Å². The summed E-state index contributed by atoms with van der Waals surface area (Å²) in [4.78, 5) is 0. The van der Waals surface area contributed by atoms with Crippen LogP contribution in [0.3, 0.4) is 0 Å². The molecule has 0 aliphatic rings. The summed E-state index contributed by atoms with van der Waals surface area (Å²) >= 11 is 0. The van der Waals surface area contributed by atoms with Crippen LogP contribution in [0.25, 0.3) is 0 Å². The van der Waals surface area contributed by atoms with Gasteiger partial charge in [0.05, 0.1) is 0 Å². The van der Waals surface area contributed by atoms with Crippen molar-refractivity contribution in [3.8, 4) is 5.75 Å². The molecule has 0 bridgehead atoms. The maximum Gasteiger partial charge on any atom is 0.119 e. The maximum atomic E-state index is 11.1. The predicted octanol–water partition coefficient (Wildman–Crippen LogP) is 1.42. The van der Waals surface area contributed by atoms with Crippen LogP contribution in [0.2, 0.25) is 0 Å². The zero-order valence-electron chi connectivity index (χ0n) is 9.81. The van der Waals surface area contributed by atoms with Crippen molar-refractivity contribution in [2.75, 3.05) is 26.0 Å². The Morgan fingerprint density at radius 3 is 2.69 bits per heavy atom. The average molecular weight is 241 g/mol. The summed E-state index contributed by atoms with van der Waals surface area (Å²) in [5.41, 5.74) is 0.